The van der Waals surface area contributed by atoms with E-state index in [0.29, 0.717) is 29.5 Å². The molecule has 0 bridgehead atoms. The molecule has 0 aliphatic carbocycles. The number of benzene rings is 1. The molecule has 0 spiro atoms. The van der Waals surface area contributed by atoms with Crippen LogP contribution < -0.4 is 5.32 Å². The Kier molecular flexibility index (Phi) is 5.85. The van der Waals surface area contributed by atoms with Crippen LogP contribution in [0.3, 0.4) is 0 Å². The number of nitrogens with one attached hydrogen (secondary N) is 1. The van der Waals surface area contributed by atoms with Gasteiger partial charge < -0.3 is 10.2 Å². The average Bonchev–Trinajstić information content (AvgIpc) is 2.46. The summed E-state index contributed by atoms with van der Waals surface area (Å²) < 4.78 is 13.7. The summed E-state index contributed by atoms with van der Waals surface area (Å²) in [7, 11) is 1.79. The third kappa shape index (κ3) is 4.34. The Labute approximate surface area is 131 Å². The summed E-state index contributed by atoms with van der Waals surface area (Å²) in [5.41, 5.74) is 0.564. The SMILES string of the molecule is CN=C(NCCc1c(F)cccc1Cl)N1CCCC(C)C1. The summed E-state index contributed by atoms with van der Waals surface area (Å²) in [5.74, 6) is 1.35. The molecule has 1 aliphatic rings. The van der Waals surface area contributed by atoms with Crippen molar-refractivity contribution in [2.24, 2.45) is 10.9 Å². The Hall–Kier alpha value is -1.29. The van der Waals surface area contributed by atoms with E-state index in [9.17, 15) is 4.39 Å². The third-order valence-electron chi connectivity index (χ3n) is 3.89. The van der Waals surface area contributed by atoms with E-state index >= 15 is 0 Å². The molecule has 1 aromatic carbocycles. The molecule has 1 fully saturated rings. The fraction of sp³-hybridized carbons (Fsp3) is 0.562. The van der Waals surface area contributed by atoms with Crippen LogP contribution in [0.1, 0.15) is 25.3 Å². The van der Waals surface area contributed by atoms with Crippen molar-refractivity contribution in [3.8, 4) is 0 Å². The van der Waals surface area contributed by atoms with E-state index in [1.54, 1.807) is 19.2 Å². The molecule has 3 nitrogen and oxygen atoms in total. The van der Waals surface area contributed by atoms with E-state index in [0.717, 1.165) is 19.0 Å². The zero-order chi connectivity index (χ0) is 15.2. The maximum Gasteiger partial charge on any atom is 0.193 e. The van der Waals surface area contributed by atoms with E-state index in [-0.39, 0.29) is 5.82 Å². The Balaban J connectivity index is 1.89. The normalized spacial score (nSPS) is 19.7. The summed E-state index contributed by atoms with van der Waals surface area (Å²) in [6.45, 7) is 4.95. The van der Waals surface area contributed by atoms with Crippen LogP contribution in [-0.4, -0.2) is 37.5 Å². The van der Waals surface area contributed by atoms with Gasteiger partial charge in [-0.15, -0.1) is 0 Å². The maximum absolute atomic E-state index is 13.7. The van der Waals surface area contributed by atoms with Gasteiger partial charge in [-0.25, -0.2) is 4.39 Å². The van der Waals surface area contributed by atoms with Crippen molar-refractivity contribution in [1.29, 1.82) is 0 Å². The Bertz CT molecular complexity index is 484. The fourth-order valence-electron chi connectivity index (χ4n) is 2.78. The van der Waals surface area contributed by atoms with Gasteiger partial charge in [-0.05, 0) is 37.3 Å². The third-order valence-corrected chi connectivity index (χ3v) is 4.24. The predicted molar refractivity (Wildman–Crippen MR) is 86.4 cm³/mol. The van der Waals surface area contributed by atoms with Crippen molar-refractivity contribution in [1.82, 2.24) is 10.2 Å². The van der Waals surface area contributed by atoms with E-state index in [1.807, 2.05) is 0 Å². The molecule has 1 heterocycles. The molecule has 1 aliphatic heterocycles. The fourth-order valence-corrected chi connectivity index (χ4v) is 3.04. The number of guanidine groups is 1. The summed E-state index contributed by atoms with van der Waals surface area (Å²) in [4.78, 5) is 6.60. The van der Waals surface area contributed by atoms with Crippen LogP contribution >= 0.6 is 11.6 Å². The second-order valence-electron chi connectivity index (χ2n) is 5.62. The van der Waals surface area contributed by atoms with Gasteiger partial charge in [0, 0.05) is 37.3 Å². The molecular weight excluding hydrogens is 289 g/mol. The van der Waals surface area contributed by atoms with Crippen molar-refractivity contribution in [2.75, 3.05) is 26.7 Å². The molecule has 116 valence electrons. The van der Waals surface area contributed by atoms with Gasteiger partial charge in [0.05, 0.1) is 0 Å². The summed E-state index contributed by atoms with van der Waals surface area (Å²) in [6.07, 6.45) is 3.02. The van der Waals surface area contributed by atoms with Gasteiger partial charge in [-0.1, -0.05) is 24.6 Å². The number of rotatable bonds is 3. The van der Waals surface area contributed by atoms with Gasteiger partial charge in [0.2, 0.25) is 0 Å². The van der Waals surface area contributed by atoms with Gasteiger partial charge in [0.25, 0.3) is 0 Å². The molecule has 1 N–H and O–H groups in total. The molecule has 21 heavy (non-hydrogen) atoms. The molecule has 5 heteroatoms. The summed E-state index contributed by atoms with van der Waals surface area (Å²) in [6, 6.07) is 4.80. The molecule has 1 atom stereocenters. The second kappa shape index (κ2) is 7.64. The molecule has 0 aromatic heterocycles. The highest BCUT2D eigenvalue weighted by Crippen LogP contribution is 2.19. The lowest BCUT2D eigenvalue weighted by molar-refractivity contribution is 0.266. The highest BCUT2D eigenvalue weighted by atomic mass is 35.5. The van der Waals surface area contributed by atoms with Crippen LogP contribution in [0.25, 0.3) is 0 Å². The smallest absolute Gasteiger partial charge is 0.193 e. The van der Waals surface area contributed by atoms with Crippen molar-refractivity contribution < 1.29 is 4.39 Å². The first-order valence-corrected chi connectivity index (χ1v) is 7.88. The number of piperidine rings is 1. The standard InChI is InChI=1S/C16H23ClFN3/c1-12-5-4-10-21(11-12)16(19-2)20-9-8-13-14(17)6-3-7-15(13)18/h3,6-7,12H,4-5,8-11H2,1-2H3,(H,19,20). The number of halogens is 2. The van der Waals surface area contributed by atoms with Crippen LogP contribution in [0.2, 0.25) is 5.02 Å². The van der Waals surface area contributed by atoms with Crippen LogP contribution in [0.15, 0.2) is 23.2 Å². The molecule has 0 amide bonds. The largest absolute Gasteiger partial charge is 0.356 e. The molecule has 1 unspecified atom stereocenters. The number of hydrogen-bond donors (Lipinski definition) is 1. The molecule has 0 radical (unpaired) electrons. The van der Waals surface area contributed by atoms with Gasteiger partial charge in [-0.2, -0.15) is 0 Å². The van der Waals surface area contributed by atoms with Gasteiger partial charge in [0.1, 0.15) is 5.82 Å². The number of nitrogens with zero attached hydrogens (tertiary/aromatic N) is 2. The number of likely N-dealkylation sites (tertiary alicyclic amines) is 1. The van der Waals surface area contributed by atoms with Gasteiger partial charge in [0.15, 0.2) is 5.96 Å². The Morgan fingerprint density at radius 2 is 2.33 bits per heavy atom. The zero-order valence-corrected chi connectivity index (χ0v) is 13.5. The van der Waals surface area contributed by atoms with E-state index in [1.165, 1.54) is 18.9 Å². The topological polar surface area (TPSA) is 27.6 Å². The van der Waals surface area contributed by atoms with Crippen LogP contribution in [0.4, 0.5) is 4.39 Å². The first-order chi connectivity index (χ1) is 10.1. The average molecular weight is 312 g/mol. The highest BCUT2D eigenvalue weighted by molar-refractivity contribution is 6.31. The quantitative estimate of drug-likeness (QED) is 0.685. The van der Waals surface area contributed by atoms with Crippen molar-refractivity contribution in [3.05, 3.63) is 34.6 Å². The van der Waals surface area contributed by atoms with Crippen molar-refractivity contribution in [2.45, 2.75) is 26.2 Å². The number of aliphatic imine (C=N–C) groups is 1. The van der Waals surface area contributed by atoms with E-state index in [2.05, 4.69) is 22.1 Å². The molecule has 1 aromatic rings. The minimum atomic E-state index is -0.245. The Morgan fingerprint density at radius 3 is 3.00 bits per heavy atom. The molecule has 2 rings (SSSR count). The lowest BCUT2D eigenvalue weighted by Gasteiger charge is -2.33. The van der Waals surface area contributed by atoms with Crippen molar-refractivity contribution in [3.63, 3.8) is 0 Å². The Morgan fingerprint density at radius 1 is 1.52 bits per heavy atom. The minimum Gasteiger partial charge on any atom is -0.356 e. The second-order valence-corrected chi connectivity index (χ2v) is 6.02. The summed E-state index contributed by atoms with van der Waals surface area (Å²) in [5, 5.41) is 3.80. The van der Waals surface area contributed by atoms with E-state index < -0.39 is 0 Å². The van der Waals surface area contributed by atoms with E-state index in [4.69, 9.17) is 11.6 Å². The lowest BCUT2D eigenvalue weighted by atomic mass is 10.0. The maximum atomic E-state index is 13.7. The zero-order valence-electron chi connectivity index (χ0n) is 12.7. The van der Waals surface area contributed by atoms with Crippen molar-refractivity contribution >= 4 is 17.6 Å². The molecular formula is C16H23ClFN3. The number of hydrogen-bond acceptors (Lipinski definition) is 1. The monoisotopic (exact) mass is 311 g/mol. The lowest BCUT2D eigenvalue weighted by Crippen LogP contribution is -2.46. The summed E-state index contributed by atoms with van der Waals surface area (Å²) >= 11 is 6.04. The van der Waals surface area contributed by atoms with Crippen LogP contribution in [0.5, 0.6) is 0 Å². The van der Waals surface area contributed by atoms with Gasteiger partial charge >= 0.3 is 0 Å². The first kappa shape index (κ1) is 16.1. The molecule has 1 saturated heterocycles. The van der Waals surface area contributed by atoms with Gasteiger partial charge in [-0.3, -0.25) is 4.99 Å². The van der Waals surface area contributed by atoms with Crippen LogP contribution in [0, 0.1) is 11.7 Å². The van der Waals surface area contributed by atoms with Crippen LogP contribution in [-0.2, 0) is 6.42 Å². The molecule has 0 saturated carbocycles. The predicted octanol–water partition coefficient (Wildman–Crippen LogP) is 3.33. The first-order valence-electron chi connectivity index (χ1n) is 7.50. The highest BCUT2D eigenvalue weighted by Gasteiger charge is 2.19. The minimum absolute atomic E-state index is 0.245.